The Morgan fingerprint density at radius 3 is 2.79 bits per heavy atom. The molecule has 112 valence electrons. The molecule has 0 radical (unpaired) electrons. The highest BCUT2D eigenvalue weighted by atomic mass is 16.6. The molecule has 2 aliphatic rings. The summed E-state index contributed by atoms with van der Waals surface area (Å²) >= 11 is 0. The molecule has 0 aliphatic carbocycles. The number of ether oxygens (including phenoxy) is 2. The second-order valence-corrected chi connectivity index (χ2v) is 6.45. The molecule has 0 amide bonds. The molecule has 2 fully saturated rings. The smallest absolute Gasteiger partial charge is 0.0939 e. The summed E-state index contributed by atoms with van der Waals surface area (Å²) in [6, 6.07) is 0.645. The van der Waals surface area contributed by atoms with E-state index in [0.717, 1.165) is 44.6 Å². The summed E-state index contributed by atoms with van der Waals surface area (Å²) in [6.45, 7) is 10.7. The van der Waals surface area contributed by atoms with Crippen molar-refractivity contribution in [2.24, 2.45) is 11.8 Å². The van der Waals surface area contributed by atoms with Crippen molar-refractivity contribution < 1.29 is 9.47 Å². The average Bonchev–Trinajstić information content (AvgIpc) is 2.87. The van der Waals surface area contributed by atoms with E-state index in [9.17, 15) is 0 Å². The van der Waals surface area contributed by atoms with Crippen LogP contribution in [-0.2, 0) is 9.47 Å². The highest BCUT2D eigenvalue weighted by molar-refractivity contribution is 4.94. The molecule has 4 unspecified atom stereocenters. The molecular weight excluding hydrogens is 238 g/mol. The lowest BCUT2D eigenvalue weighted by atomic mass is 9.76. The Bertz CT molecular complexity index is 263. The molecule has 19 heavy (non-hydrogen) atoms. The molecule has 0 aromatic carbocycles. The Morgan fingerprint density at radius 2 is 2.16 bits per heavy atom. The van der Waals surface area contributed by atoms with Crippen molar-refractivity contribution in [1.29, 1.82) is 0 Å². The van der Waals surface area contributed by atoms with Crippen LogP contribution in [0.3, 0.4) is 0 Å². The van der Waals surface area contributed by atoms with Gasteiger partial charge >= 0.3 is 0 Å². The molecule has 3 nitrogen and oxygen atoms in total. The third-order valence-corrected chi connectivity index (χ3v) is 4.99. The predicted molar refractivity (Wildman–Crippen MR) is 78.4 cm³/mol. The van der Waals surface area contributed by atoms with Gasteiger partial charge in [-0.1, -0.05) is 27.2 Å². The molecule has 3 heteroatoms. The van der Waals surface area contributed by atoms with Gasteiger partial charge in [0.1, 0.15) is 0 Å². The van der Waals surface area contributed by atoms with Gasteiger partial charge in [0.2, 0.25) is 0 Å². The fourth-order valence-corrected chi connectivity index (χ4v) is 3.63. The van der Waals surface area contributed by atoms with Crippen molar-refractivity contribution >= 4 is 0 Å². The molecule has 2 saturated heterocycles. The summed E-state index contributed by atoms with van der Waals surface area (Å²) in [5.41, 5.74) is 0.0442. The zero-order valence-corrected chi connectivity index (χ0v) is 12.9. The van der Waals surface area contributed by atoms with E-state index in [4.69, 9.17) is 9.47 Å². The summed E-state index contributed by atoms with van der Waals surface area (Å²) in [5, 5.41) is 3.80. The molecule has 2 aliphatic heterocycles. The highest BCUT2D eigenvalue weighted by Gasteiger charge is 2.43. The van der Waals surface area contributed by atoms with Gasteiger partial charge in [-0.05, 0) is 37.6 Å². The highest BCUT2D eigenvalue weighted by Crippen LogP contribution is 2.38. The van der Waals surface area contributed by atoms with Crippen LogP contribution in [0, 0.1) is 11.8 Å². The van der Waals surface area contributed by atoms with Gasteiger partial charge in [0, 0.05) is 25.7 Å². The number of hydrogen-bond donors (Lipinski definition) is 1. The second kappa shape index (κ2) is 7.05. The van der Waals surface area contributed by atoms with Crippen LogP contribution in [0.4, 0.5) is 0 Å². The van der Waals surface area contributed by atoms with Gasteiger partial charge in [-0.2, -0.15) is 0 Å². The van der Waals surface area contributed by atoms with Gasteiger partial charge < -0.3 is 14.8 Å². The van der Waals surface area contributed by atoms with E-state index in [1.807, 2.05) is 0 Å². The van der Waals surface area contributed by atoms with Crippen molar-refractivity contribution in [3.8, 4) is 0 Å². The van der Waals surface area contributed by atoms with Gasteiger partial charge in [-0.3, -0.25) is 0 Å². The lowest BCUT2D eigenvalue weighted by Gasteiger charge is -2.42. The first kappa shape index (κ1) is 15.3. The van der Waals surface area contributed by atoms with E-state index in [2.05, 4.69) is 26.1 Å². The van der Waals surface area contributed by atoms with Crippen molar-refractivity contribution in [3.63, 3.8) is 0 Å². The topological polar surface area (TPSA) is 30.5 Å². The van der Waals surface area contributed by atoms with Crippen LogP contribution in [0.5, 0.6) is 0 Å². The number of hydrogen-bond acceptors (Lipinski definition) is 3. The quantitative estimate of drug-likeness (QED) is 0.804. The van der Waals surface area contributed by atoms with Gasteiger partial charge in [-0.25, -0.2) is 0 Å². The van der Waals surface area contributed by atoms with Crippen LogP contribution in [-0.4, -0.2) is 38.0 Å². The van der Waals surface area contributed by atoms with E-state index in [-0.39, 0.29) is 5.60 Å². The van der Waals surface area contributed by atoms with Crippen molar-refractivity contribution in [3.05, 3.63) is 0 Å². The average molecular weight is 269 g/mol. The summed E-state index contributed by atoms with van der Waals surface area (Å²) in [4.78, 5) is 0. The Morgan fingerprint density at radius 1 is 1.32 bits per heavy atom. The van der Waals surface area contributed by atoms with Crippen LogP contribution < -0.4 is 5.32 Å². The maximum Gasteiger partial charge on any atom is 0.0939 e. The lowest BCUT2D eigenvalue weighted by molar-refractivity contribution is -0.105. The minimum atomic E-state index is 0.0442. The number of nitrogens with one attached hydrogen (secondary N) is 1. The minimum absolute atomic E-state index is 0.0442. The van der Waals surface area contributed by atoms with Crippen molar-refractivity contribution in [1.82, 2.24) is 5.32 Å². The fourth-order valence-electron chi connectivity index (χ4n) is 3.63. The summed E-state index contributed by atoms with van der Waals surface area (Å²) in [5.74, 6) is 1.49. The van der Waals surface area contributed by atoms with Crippen molar-refractivity contribution in [2.45, 2.75) is 64.5 Å². The molecule has 1 N–H and O–H groups in total. The fraction of sp³-hybridized carbons (Fsp3) is 1.00. The van der Waals surface area contributed by atoms with E-state index in [1.54, 1.807) is 0 Å². The zero-order chi connectivity index (χ0) is 13.7. The molecule has 1 spiro atoms. The van der Waals surface area contributed by atoms with E-state index >= 15 is 0 Å². The van der Waals surface area contributed by atoms with E-state index < -0.39 is 0 Å². The molecule has 0 saturated carbocycles. The second-order valence-electron chi connectivity index (χ2n) is 6.45. The van der Waals surface area contributed by atoms with Crippen molar-refractivity contribution in [2.75, 3.05) is 26.4 Å². The first-order valence-electron chi connectivity index (χ1n) is 8.16. The SMILES string of the molecule is CCCNC(C(C)CC)C1CCOC2(CCOC2)C1. The van der Waals surface area contributed by atoms with Gasteiger partial charge in [-0.15, -0.1) is 0 Å². The summed E-state index contributed by atoms with van der Waals surface area (Å²) < 4.78 is 11.7. The van der Waals surface area contributed by atoms with Gasteiger partial charge in [0.15, 0.2) is 0 Å². The first-order chi connectivity index (χ1) is 9.21. The van der Waals surface area contributed by atoms with Crippen LogP contribution in [0.2, 0.25) is 0 Å². The molecule has 0 bridgehead atoms. The molecular formula is C16H31NO2. The maximum atomic E-state index is 6.07. The third-order valence-electron chi connectivity index (χ3n) is 4.99. The number of rotatable bonds is 6. The van der Waals surface area contributed by atoms with Gasteiger partial charge in [0.25, 0.3) is 0 Å². The Labute approximate surface area is 118 Å². The zero-order valence-electron chi connectivity index (χ0n) is 12.9. The molecule has 0 aromatic heterocycles. The minimum Gasteiger partial charge on any atom is -0.378 e. The summed E-state index contributed by atoms with van der Waals surface area (Å²) in [6.07, 6.45) is 5.93. The van der Waals surface area contributed by atoms with E-state index in [1.165, 1.54) is 25.7 Å². The third kappa shape index (κ3) is 3.71. The normalized spacial score (nSPS) is 34.6. The predicted octanol–water partition coefficient (Wildman–Crippen LogP) is 2.99. The standard InChI is InChI=1S/C16H31NO2/c1-4-8-17-15(13(3)5-2)14-6-9-19-16(11-14)7-10-18-12-16/h13-15,17H,4-12H2,1-3H3. The molecule has 2 rings (SSSR count). The Kier molecular flexibility index (Phi) is 5.67. The first-order valence-corrected chi connectivity index (χ1v) is 8.16. The Hall–Kier alpha value is -0.120. The van der Waals surface area contributed by atoms with Crippen LogP contribution in [0.15, 0.2) is 0 Å². The van der Waals surface area contributed by atoms with Crippen LogP contribution >= 0.6 is 0 Å². The van der Waals surface area contributed by atoms with Crippen LogP contribution in [0.25, 0.3) is 0 Å². The monoisotopic (exact) mass is 269 g/mol. The molecule has 4 atom stereocenters. The maximum absolute atomic E-state index is 6.07. The van der Waals surface area contributed by atoms with Crippen LogP contribution in [0.1, 0.15) is 52.9 Å². The lowest BCUT2D eigenvalue weighted by Crippen LogP contribution is -2.49. The largest absolute Gasteiger partial charge is 0.378 e. The molecule has 0 aromatic rings. The van der Waals surface area contributed by atoms with Gasteiger partial charge in [0.05, 0.1) is 12.2 Å². The Balaban J connectivity index is 1.99. The summed E-state index contributed by atoms with van der Waals surface area (Å²) in [7, 11) is 0. The molecule has 2 heterocycles. The van der Waals surface area contributed by atoms with E-state index in [0.29, 0.717) is 6.04 Å².